The maximum absolute atomic E-state index is 14.2. The molecule has 2 aromatic carbocycles. The van der Waals surface area contributed by atoms with Gasteiger partial charge in [0.1, 0.15) is 6.04 Å². The Kier molecular flexibility index (Phi) is 7.34. The van der Waals surface area contributed by atoms with Crippen LogP contribution in [0.2, 0.25) is 0 Å². The Labute approximate surface area is 190 Å². The van der Waals surface area contributed by atoms with Gasteiger partial charge in [0.2, 0.25) is 5.91 Å². The Hall–Kier alpha value is -3.44. The molecule has 0 radical (unpaired) electrons. The number of carbonyl (C=O) groups is 1. The molecule has 0 fully saturated rings. The molecule has 0 unspecified atom stereocenters. The summed E-state index contributed by atoms with van der Waals surface area (Å²) in [7, 11) is 0. The van der Waals surface area contributed by atoms with E-state index in [1.807, 2.05) is 30.3 Å². The van der Waals surface area contributed by atoms with Crippen LogP contribution in [-0.4, -0.2) is 34.6 Å². The van der Waals surface area contributed by atoms with E-state index in [9.17, 15) is 23.2 Å². The van der Waals surface area contributed by atoms with Crippen molar-refractivity contribution in [3.8, 4) is 17.2 Å². The molecule has 2 N–H and O–H groups in total. The van der Waals surface area contributed by atoms with Crippen molar-refractivity contribution in [1.82, 2.24) is 9.88 Å². The van der Waals surface area contributed by atoms with E-state index in [-0.39, 0.29) is 17.9 Å². The van der Waals surface area contributed by atoms with Crippen molar-refractivity contribution in [3.05, 3.63) is 66.4 Å². The third-order valence-electron chi connectivity index (χ3n) is 5.47. The monoisotopic (exact) mass is 454 g/mol. The van der Waals surface area contributed by atoms with E-state index in [1.54, 1.807) is 38.2 Å². The highest BCUT2D eigenvalue weighted by molar-refractivity contribution is 5.83. The van der Waals surface area contributed by atoms with Crippen LogP contribution < -0.4 is 5.73 Å². The first-order valence-electron chi connectivity index (χ1n) is 10.6. The van der Waals surface area contributed by atoms with Gasteiger partial charge < -0.3 is 5.73 Å². The van der Waals surface area contributed by atoms with Gasteiger partial charge in [-0.05, 0) is 35.6 Å². The van der Waals surface area contributed by atoms with Crippen LogP contribution in [-0.2, 0) is 4.79 Å². The molecule has 2 atom stereocenters. The maximum atomic E-state index is 14.2. The van der Waals surface area contributed by atoms with Crippen LogP contribution in [0.5, 0.6) is 0 Å². The first-order valence-corrected chi connectivity index (χ1v) is 10.6. The largest absolute Gasteiger partial charge is 0.408 e. The zero-order valence-corrected chi connectivity index (χ0v) is 18.4. The van der Waals surface area contributed by atoms with E-state index < -0.39 is 30.7 Å². The zero-order chi connectivity index (χ0) is 24.2. The maximum Gasteiger partial charge on any atom is 0.408 e. The van der Waals surface area contributed by atoms with Crippen molar-refractivity contribution in [2.24, 2.45) is 11.7 Å². The lowest BCUT2D eigenvalue weighted by Gasteiger charge is -2.37. The molecule has 1 heterocycles. The molecule has 172 valence electrons. The van der Waals surface area contributed by atoms with Crippen molar-refractivity contribution >= 4 is 16.8 Å². The van der Waals surface area contributed by atoms with Crippen LogP contribution in [0, 0.1) is 17.2 Å². The molecule has 0 aliphatic heterocycles. The molecule has 3 rings (SSSR count). The van der Waals surface area contributed by atoms with E-state index in [4.69, 9.17) is 5.73 Å². The van der Waals surface area contributed by atoms with Crippen molar-refractivity contribution in [1.29, 1.82) is 5.26 Å². The number of halogens is 3. The highest BCUT2D eigenvalue weighted by atomic mass is 19.4. The fourth-order valence-corrected chi connectivity index (χ4v) is 3.98. The van der Waals surface area contributed by atoms with Gasteiger partial charge in [-0.25, -0.2) is 0 Å². The number of benzene rings is 2. The van der Waals surface area contributed by atoms with Gasteiger partial charge in [-0.3, -0.25) is 14.7 Å². The minimum Gasteiger partial charge on any atom is -0.368 e. The third kappa shape index (κ3) is 5.68. The Balaban J connectivity index is 2.01. The number of alkyl halides is 3. The van der Waals surface area contributed by atoms with Crippen LogP contribution in [0.4, 0.5) is 13.2 Å². The summed E-state index contributed by atoms with van der Waals surface area (Å²) in [5.41, 5.74) is 7.69. The van der Waals surface area contributed by atoms with Crippen LogP contribution >= 0.6 is 0 Å². The number of carbonyl (C=O) groups excluding carboxylic acids is 1. The molecular formula is C25H25F3N4O. The predicted octanol–water partition coefficient (Wildman–Crippen LogP) is 5.23. The molecule has 5 nitrogen and oxygen atoms in total. The number of aromatic nitrogens is 1. The van der Waals surface area contributed by atoms with E-state index in [0.29, 0.717) is 5.56 Å². The summed E-state index contributed by atoms with van der Waals surface area (Å²) in [5.74, 6) is -0.965. The number of pyridine rings is 1. The molecule has 0 aliphatic carbocycles. The molecule has 0 aliphatic rings. The van der Waals surface area contributed by atoms with Crippen LogP contribution in [0.15, 0.2) is 60.8 Å². The van der Waals surface area contributed by atoms with Gasteiger partial charge in [0.05, 0.1) is 24.2 Å². The first kappa shape index (κ1) is 24.2. The van der Waals surface area contributed by atoms with Gasteiger partial charge in [-0.2, -0.15) is 18.4 Å². The molecule has 8 heteroatoms. The van der Waals surface area contributed by atoms with Gasteiger partial charge in [0.15, 0.2) is 0 Å². The second kappa shape index (κ2) is 10.0. The van der Waals surface area contributed by atoms with Crippen LogP contribution in [0.25, 0.3) is 22.0 Å². The Morgan fingerprint density at radius 1 is 1.12 bits per heavy atom. The van der Waals surface area contributed by atoms with Crippen molar-refractivity contribution < 1.29 is 18.0 Å². The summed E-state index contributed by atoms with van der Waals surface area (Å²) in [5, 5.41) is 10.1. The summed E-state index contributed by atoms with van der Waals surface area (Å²) in [4.78, 5) is 17.3. The summed E-state index contributed by atoms with van der Waals surface area (Å²) in [6.07, 6.45) is -2.93. The summed E-state index contributed by atoms with van der Waals surface area (Å²) in [6, 6.07) is 13.8. The van der Waals surface area contributed by atoms with E-state index in [1.165, 1.54) is 12.1 Å². The SMILES string of the molecule is CC(C)C[C@@H](C(N)=O)N(CC#N)[C@@H](c1ccc(-c2cnc3ccccc3c2)cc1)C(F)(F)F. The minimum atomic E-state index is -4.71. The third-order valence-corrected chi connectivity index (χ3v) is 5.47. The molecule has 1 amide bonds. The van der Waals surface area contributed by atoms with Gasteiger partial charge in [-0.15, -0.1) is 0 Å². The molecule has 0 bridgehead atoms. The molecule has 0 saturated carbocycles. The fraction of sp³-hybridized carbons (Fsp3) is 0.320. The second-order valence-corrected chi connectivity index (χ2v) is 8.36. The number of hydrogen-bond donors (Lipinski definition) is 1. The predicted molar refractivity (Wildman–Crippen MR) is 121 cm³/mol. The smallest absolute Gasteiger partial charge is 0.368 e. The Morgan fingerprint density at radius 3 is 2.36 bits per heavy atom. The fourth-order valence-electron chi connectivity index (χ4n) is 3.98. The van der Waals surface area contributed by atoms with Gasteiger partial charge in [0, 0.05) is 17.1 Å². The second-order valence-electron chi connectivity index (χ2n) is 8.36. The molecule has 33 heavy (non-hydrogen) atoms. The normalized spacial score (nSPS) is 13.8. The van der Waals surface area contributed by atoms with E-state index in [0.717, 1.165) is 21.4 Å². The molecule has 3 aromatic rings. The lowest BCUT2D eigenvalue weighted by atomic mass is 9.95. The highest BCUT2D eigenvalue weighted by Gasteiger charge is 2.47. The number of nitrogens with two attached hydrogens (primary N) is 1. The van der Waals surface area contributed by atoms with E-state index in [2.05, 4.69) is 4.98 Å². The van der Waals surface area contributed by atoms with Crippen LogP contribution in [0.1, 0.15) is 31.9 Å². The number of primary amides is 1. The standard InChI is InChI=1S/C25H25F3N4O/c1-16(2)13-22(24(30)33)32(12-11-29)23(25(26,27)28)18-9-7-17(8-10-18)20-14-19-5-3-4-6-21(19)31-15-20/h3-10,14-16,22-23H,12-13H2,1-2H3,(H2,30,33)/t22-,23-/m0/s1. The van der Waals surface area contributed by atoms with Crippen molar-refractivity contribution in [2.75, 3.05) is 6.54 Å². The van der Waals surface area contributed by atoms with Gasteiger partial charge >= 0.3 is 6.18 Å². The number of nitriles is 1. The van der Waals surface area contributed by atoms with Gasteiger partial charge in [0.25, 0.3) is 0 Å². The number of hydrogen-bond acceptors (Lipinski definition) is 4. The average Bonchev–Trinajstić information content (AvgIpc) is 2.76. The molecule has 0 spiro atoms. The van der Waals surface area contributed by atoms with Crippen molar-refractivity contribution in [3.63, 3.8) is 0 Å². The number of para-hydroxylation sites is 1. The summed E-state index contributed by atoms with van der Waals surface area (Å²) < 4.78 is 42.7. The summed E-state index contributed by atoms with van der Waals surface area (Å²) >= 11 is 0. The Bertz CT molecular complexity index is 1150. The summed E-state index contributed by atoms with van der Waals surface area (Å²) in [6.45, 7) is 2.99. The molecule has 1 aromatic heterocycles. The topological polar surface area (TPSA) is 83.0 Å². The molecular weight excluding hydrogens is 429 g/mol. The Morgan fingerprint density at radius 2 is 1.79 bits per heavy atom. The minimum absolute atomic E-state index is 0.0646. The number of rotatable bonds is 8. The first-order chi connectivity index (χ1) is 15.6. The molecule has 0 saturated heterocycles. The quantitative estimate of drug-likeness (QED) is 0.473. The highest BCUT2D eigenvalue weighted by Crippen LogP contribution is 2.40. The number of fused-ring (bicyclic) bond motifs is 1. The van der Waals surface area contributed by atoms with Gasteiger partial charge in [-0.1, -0.05) is 56.3 Å². The lowest BCUT2D eigenvalue weighted by Crippen LogP contribution is -2.51. The van der Waals surface area contributed by atoms with E-state index >= 15 is 0 Å². The number of amides is 1. The average molecular weight is 454 g/mol. The lowest BCUT2D eigenvalue weighted by molar-refractivity contribution is -0.192. The van der Waals surface area contributed by atoms with Crippen molar-refractivity contribution in [2.45, 2.75) is 38.5 Å². The zero-order valence-electron chi connectivity index (χ0n) is 18.4. The number of nitrogens with zero attached hydrogens (tertiary/aromatic N) is 3. The van der Waals surface area contributed by atoms with Crippen LogP contribution in [0.3, 0.4) is 0 Å².